The quantitative estimate of drug-likeness (QED) is 0.311. The fourth-order valence-corrected chi connectivity index (χ4v) is 3.76. The number of benzene rings is 2. The van der Waals surface area contributed by atoms with Crippen molar-refractivity contribution in [3.05, 3.63) is 81.4 Å². The summed E-state index contributed by atoms with van der Waals surface area (Å²) in [6.07, 6.45) is 3.01. The van der Waals surface area contributed by atoms with Crippen LogP contribution in [0, 0.1) is 0 Å². The number of Topliss-reactive ketones (excluding diaryl/α,β-unsaturated/α-hetero) is 1. The van der Waals surface area contributed by atoms with Gasteiger partial charge in [0.05, 0.1) is 18.4 Å². The number of hydrogen-bond acceptors (Lipinski definition) is 7. The van der Waals surface area contributed by atoms with Crippen LogP contribution in [0.1, 0.15) is 32.0 Å². The molecule has 0 aliphatic carbocycles. The number of hydrogen-bond donors (Lipinski definition) is 0. The van der Waals surface area contributed by atoms with Crippen LogP contribution in [0.3, 0.4) is 0 Å². The highest BCUT2D eigenvalue weighted by Crippen LogP contribution is 2.38. The van der Waals surface area contributed by atoms with E-state index in [1.165, 1.54) is 24.5 Å². The molecule has 0 saturated heterocycles. The third-order valence-electron chi connectivity index (χ3n) is 4.56. The molecule has 7 nitrogen and oxygen atoms in total. The zero-order valence-electron chi connectivity index (χ0n) is 15.3. The lowest BCUT2D eigenvalue weighted by Crippen LogP contribution is -2.12. The van der Waals surface area contributed by atoms with Gasteiger partial charge in [-0.1, -0.05) is 15.9 Å². The number of carbonyl (C=O) groups excluding carboxylic acids is 2. The lowest BCUT2D eigenvalue weighted by Gasteiger charge is -2.20. The Morgan fingerprint density at radius 1 is 1.17 bits per heavy atom. The standard InChI is InChI=1S/C22H13BrO7/c23-14-6-12(21-13(7-14)10-26-11-28-21)8-19-20(24)16-4-3-15(9-18(16)30-19)29-22(25)17-2-1-5-27-17/h1-9H,10-11H2/b19-8-. The molecule has 5 rings (SSSR count). The summed E-state index contributed by atoms with van der Waals surface area (Å²) in [5.41, 5.74) is 1.95. The van der Waals surface area contributed by atoms with Crippen LogP contribution in [0.15, 0.2) is 63.4 Å². The fraction of sp³-hybridized carbons (Fsp3) is 0.0909. The van der Waals surface area contributed by atoms with Gasteiger partial charge in [-0.3, -0.25) is 4.79 Å². The predicted octanol–water partition coefficient (Wildman–Crippen LogP) is 4.74. The number of ketones is 1. The van der Waals surface area contributed by atoms with Crippen LogP contribution in [-0.4, -0.2) is 18.5 Å². The molecule has 3 aromatic rings. The molecule has 0 radical (unpaired) electrons. The molecule has 2 aliphatic rings. The Morgan fingerprint density at radius 3 is 2.90 bits per heavy atom. The van der Waals surface area contributed by atoms with Crippen molar-refractivity contribution in [2.45, 2.75) is 6.61 Å². The monoisotopic (exact) mass is 468 g/mol. The molecule has 0 unspecified atom stereocenters. The maximum absolute atomic E-state index is 12.8. The molecule has 1 aromatic heterocycles. The Morgan fingerprint density at radius 2 is 2.07 bits per heavy atom. The molecule has 0 bridgehead atoms. The number of furan rings is 1. The van der Waals surface area contributed by atoms with Crippen molar-refractivity contribution in [2.24, 2.45) is 0 Å². The lowest BCUT2D eigenvalue weighted by molar-refractivity contribution is -0.0165. The number of fused-ring (bicyclic) bond motifs is 2. The largest absolute Gasteiger partial charge is 0.467 e. The molecular formula is C22H13BrO7. The van der Waals surface area contributed by atoms with Gasteiger partial charge < -0.3 is 23.4 Å². The van der Waals surface area contributed by atoms with E-state index in [1.807, 2.05) is 12.1 Å². The predicted molar refractivity (Wildman–Crippen MR) is 107 cm³/mol. The summed E-state index contributed by atoms with van der Waals surface area (Å²) < 4.78 is 27.8. The second-order valence-electron chi connectivity index (χ2n) is 6.56. The molecule has 30 heavy (non-hydrogen) atoms. The van der Waals surface area contributed by atoms with Crippen LogP contribution < -0.4 is 14.2 Å². The van der Waals surface area contributed by atoms with Crippen LogP contribution in [0.25, 0.3) is 6.08 Å². The normalized spacial score (nSPS) is 15.9. The first-order valence-electron chi connectivity index (χ1n) is 8.95. The van der Waals surface area contributed by atoms with Gasteiger partial charge in [-0.25, -0.2) is 4.79 Å². The highest BCUT2D eigenvalue weighted by molar-refractivity contribution is 9.10. The average molecular weight is 469 g/mol. The van der Waals surface area contributed by atoms with Crippen LogP contribution in [0.2, 0.25) is 0 Å². The maximum atomic E-state index is 12.8. The Labute approximate surface area is 178 Å². The number of allylic oxidation sites excluding steroid dienone is 1. The average Bonchev–Trinajstić information content (AvgIpc) is 3.37. The summed E-state index contributed by atoms with van der Waals surface area (Å²) in [7, 11) is 0. The number of esters is 1. The van der Waals surface area contributed by atoms with Gasteiger partial charge in [-0.05, 0) is 42.5 Å². The first-order valence-corrected chi connectivity index (χ1v) is 9.75. The molecule has 0 amide bonds. The molecule has 3 heterocycles. The van der Waals surface area contributed by atoms with E-state index in [4.69, 9.17) is 23.4 Å². The number of carbonyl (C=O) groups is 2. The van der Waals surface area contributed by atoms with Gasteiger partial charge in [0.2, 0.25) is 11.5 Å². The first kappa shape index (κ1) is 18.7. The lowest BCUT2D eigenvalue weighted by atomic mass is 10.1. The molecule has 0 saturated carbocycles. The summed E-state index contributed by atoms with van der Waals surface area (Å²) in [6, 6.07) is 11.4. The molecule has 0 N–H and O–H groups in total. The summed E-state index contributed by atoms with van der Waals surface area (Å²) in [5.74, 6) is 0.521. The van der Waals surface area contributed by atoms with Gasteiger partial charge >= 0.3 is 5.97 Å². The van der Waals surface area contributed by atoms with Crippen LogP contribution in [0.5, 0.6) is 17.2 Å². The minimum atomic E-state index is -0.639. The maximum Gasteiger partial charge on any atom is 0.379 e. The van der Waals surface area contributed by atoms with E-state index in [-0.39, 0.29) is 29.8 Å². The molecule has 2 aromatic carbocycles. The highest BCUT2D eigenvalue weighted by Gasteiger charge is 2.29. The third kappa shape index (κ3) is 3.40. The zero-order valence-corrected chi connectivity index (χ0v) is 16.9. The van der Waals surface area contributed by atoms with E-state index in [0.717, 1.165) is 10.0 Å². The topological polar surface area (TPSA) is 84.2 Å². The minimum absolute atomic E-state index is 0.0801. The van der Waals surface area contributed by atoms with Gasteiger partial charge in [0, 0.05) is 21.7 Å². The van der Waals surface area contributed by atoms with Gasteiger partial charge in [0.1, 0.15) is 17.2 Å². The molecule has 2 aliphatic heterocycles. The van der Waals surface area contributed by atoms with Gasteiger partial charge in [-0.2, -0.15) is 0 Å². The molecule has 150 valence electrons. The number of rotatable bonds is 3. The Balaban J connectivity index is 1.43. The van der Waals surface area contributed by atoms with Gasteiger partial charge in [0.15, 0.2) is 12.6 Å². The van der Waals surface area contributed by atoms with Crippen molar-refractivity contribution in [3.63, 3.8) is 0 Å². The van der Waals surface area contributed by atoms with E-state index in [2.05, 4.69) is 15.9 Å². The second-order valence-corrected chi connectivity index (χ2v) is 7.47. The SMILES string of the molecule is O=C(Oc1ccc2c(c1)O/C(=C\c1cc(Br)cc3c1OCOC3)C2=O)c1ccco1. The van der Waals surface area contributed by atoms with E-state index >= 15 is 0 Å². The van der Waals surface area contributed by atoms with Crippen molar-refractivity contribution < 1.29 is 33.0 Å². The molecule has 0 spiro atoms. The zero-order chi connectivity index (χ0) is 20.7. The Kier molecular flexibility index (Phi) is 4.65. The highest BCUT2D eigenvalue weighted by atomic mass is 79.9. The second kappa shape index (κ2) is 7.47. The first-order chi connectivity index (χ1) is 14.6. The van der Waals surface area contributed by atoms with Crippen molar-refractivity contribution in [3.8, 4) is 17.2 Å². The van der Waals surface area contributed by atoms with Crippen molar-refractivity contribution >= 4 is 33.8 Å². The van der Waals surface area contributed by atoms with E-state index in [9.17, 15) is 9.59 Å². The smallest absolute Gasteiger partial charge is 0.379 e. The van der Waals surface area contributed by atoms with Gasteiger partial charge in [0.25, 0.3) is 0 Å². The van der Waals surface area contributed by atoms with Gasteiger partial charge in [-0.15, -0.1) is 0 Å². The van der Waals surface area contributed by atoms with Crippen LogP contribution in [-0.2, 0) is 11.3 Å². The van der Waals surface area contributed by atoms with Crippen molar-refractivity contribution in [1.29, 1.82) is 0 Å². The number of ether oxygens (including phenoxy) is 4. The summed E-state index contributed by atoms with van der Waals surface area (Å²) >= 11 is 3.46. The fourth-order valence-electron chi connectivity index (χ4n) is 3.24. The Hall–Kier alpha value is -3.36. The van der Waals surface area contributed by atoms with E-state index in [0.29, 0.717) is 29.2 Å². The van der Waals surface area contributed by atoms with Crippen molar-refractivity contribution in [1.82, 2.24) is 0 Å². The number of halogens is 1. The molecular weight excluding hydrogens is 456 g/mol. The Bertz CT molecular complexity index is 1190. The minimum Gasteiger partial charge on any atom is -0.467 e. The van der Waals surface area contributed by atoms with E-state index < -0.39 is 5.97 Å². The molecule has 8 heteroatoms. The van der Waals surface area contributed by atoms with Crippen LogP contribution >= 0.6 is 15.9 Å². The summed E-state index contributed by atoms with van der Waals surface area (Å²) in [5, 5.41) is 0. The van der Waals surface area contributed by atoms with E-state index in [1.54, 1.807) is 18.2 Å². The summed E-state index contributed by atoms with van der Waals surface area (Å²) in [6.45, 7) is 0.564. The van der Waals surface area contributed by atoms with Crippen LogP contribution in [0.4, 0.5) is 0 Å². The summed E-state index contributed by atoms with van der Waals surface area (Å²) in [4.78, 5) is 24.8. The molecule has 0 fully saturated rings. The van der Waals surface area contributed by atoms with Crippen molar-refractivity contribution in [2.75, 3.05) is 6.79 Å². The third-order valence-corrected chi connectivity index (χ3v) is 5.02. The molecule has 0 atom stereocenters.